The van der Waals surface area contributed by atoms with Gasteiger partial charge in [-0.1, -0.05) is 0 Å². The van der Waals surface area contributed by atoms with Crippen LogP contribution in [0.1, 0.15) is 0 Å². The van der Waals surface area contributed by atoms with E-state index in [1.165, 1.54) is 0 Å². The van der Waals surface area contributed by atoms with Crippen molar-refractivity contribution in [2.45, 2.75) is 61.4 Å². The third-order valence-electron chi connectivity index (χ3n) is 3.98. The Morgan fingerprint density at radius 1 is 0.652 bits per heavy atom. The van der Waals surface area contributed by atoms with Gasteiger partial charge in [0.15, 0.2) is 12.6 Å². The number of aliphatic hydroxyl groups excluding tert-OH is 8. The minimum atomic E-state index is -1.74. The molecule has 11 nitrogen and oxygen atoms in total. The average molecular weight is 342 g/mol. The lowest BCUT2D eigenvalue weighted by Gasteiger charge is -2.45. The van der Waals surface area contributed by atoms with E-state index < -0.39 is 74.6 Å². The second-order valence-corrected chi connectivity index (χ2v) is 5.53. The lowest BCUT2D eigenvalue weighted by atomic mass is 9.97. The molecule has 11 heteroatoms. The molecule has 23 heavy (non-hydrogen) atoms. The third kappa shape index (κ3) is 3.65. The average Bonchev–Trinajstić information content (AvgIpc) is 2.55. The summed E-state index contributed by atoms with van der Waals surface area (Å²) in [6.45, 7) is -1.35. The van der Waals surface area contributed by atoms with Gasteiger partial charge in [-0.25, -0.2) is 0 Å². The molecule has 0 aromatic heterocycles. The fourth-order valence-electron chi connectivity index (χ4n) is 2.57. The summed E-state index contributed by atoms with van der Waals surface area (Å²) in [6.07, 6.45) is -15.6. The molecule has 0 aromatic rings. The van der Waals surface area contributed by atoms with Crippen molar-refractivity contribution in [3.63, 3.8) is 0 Å². The number of aliphatic hydroxyl groups is 8. The maximum absolute atomic E-state index is 9.94. The number of rotatable bonds is 4. The topological polar surface area (TPSA) is 190 Å². The van der Waals surface area contributed by atoms with Crippen molar-refractivity contribution >= 4 is 0 Å². The smallest absolute Gasteiger partial charge is 0.187 e. The molecule has 0 radical (unpaired) electrons. The molecule has 0 unspecified atom stereocenters. The van der Waals surface area contributed by atoms with Crippen LogP contribution in [0.4, 0.5) is 0 Å². The van der Waals surface area contributed by atoms with E-state index in [4.69, 9.17) is 19.3 Å². The molecule has 0 saturated carbocycles. The first-order chi connectivity index (χ1) is 10.8. The fourth-order valence-corrected chi connectivity index (χ4v) is 2.57. The Hall–Kier alpha value is -0.440. The molecule has 0 aromatic carbocycles. The molecular formula is C12H22O11. The molecule has 10 atom stereocenters. The summed E-state index contributed by atoms with van der Waals surface area (Å²) >= 11 is 0. The lowest BCUT2D eigenvalue weighted by Crippen LogP contribution is -2.64. The quantitative estimate of drug-likeness (QED) is 0.243. The summed E-state index contributed by atoms with van der Waals surface area (Å²) in [5.74, 6) is 0. The number of hydrogen-bond donors (Lipinski definition) is 8. The third-order valence-corrected chi connectivity index (χ3v) is 3.98. The van der Waals surface area contributed by atoms with E-state index in [1.54, 1.807) is 0 Å². The predicted molar refractivity (Wildman–Crippen MR) is 68.6 cm³/mol. The second-order valence-electron chi connectivity index (χ2n) is 5.53. The van der Waals surface area contributed by atoms with Crippen molar-refractivity contribution in [1.29, 1.82) is 0 Å². The van der Waals surface area contributed by atoms with Crippen LogP contribution in [0.5, 0.6) is 0 Å². The highest BCUT2D eigenvalue weighted by atomic mass is 16.7. The van der Waals surface area contributed by atoms with E-state index in [0.29, 0.717) is 0 Å². The van der Waals surface area contributed by atoms with Gasteiger partial charge in [0.25, 0.3) is 0 Å². The van der Waals surface area contributed by atoms with Crippen molar-refractivity contribution in [3.8, 4) is 0 Å². The molecule has 2 aliphatic rings. The van der Waals surface area contributed by atoms with Crippen LogP contribution in [0, 0.1) is 0 Å². The van der Waals surface area contributed by atoms with Crippen molar-refractivity contribution in [2.24, 2.45) is 0 Å². The zero-order valence-electron chi connectivity index (χ0n) is 12.0. The maximum Gasteiger partial charge on any atom is 0.187 e. The zero-order valence-corrected chi connectivity index (χ0v) is 12.0. The first kappa shape index (κ1) is 18.9. The van der Waals surface area contributed by atoms with E-state index >= 15 is 0 Å². The summed E-state index contributed by atoms with van der Waals surface area (Å²) in [5.41, 5.74) is 0. The largest absolute Gasteiger partial charge is 0.394 e. The standard InChI is InChI=1S/C12H22O11/c13-1-3-5(15)6(16)9(19)12(22-3)23-10-4(2-14)21-11(20)8(18)7(10)17/h3-20H,1-2H2/t3-,4+,5-,6+,7-,8-,9-,10-,11+,12+/m1/s1. The molecule has 8 N–H and O–H groups in total. The summed E-state index contributed by atoms with van der Waals surface area (Å²) in [6, 6.07) is 0. The molecular weight excluding hydrogens is 320 g/mol. The molecule has 2 aliphatic heterocycles. The van der Waals surface area contributed by atoms with Gasteiger partial charge in [-0.3, -0.25) is 0 Å². The highest BCUT2D eigenvalue weighted by Gasteiger charge is 2.50. The van der Waals surface area contributed by atoms with Gasteiger partial charge in [-0.05, 0) is 0 Å². The van der Waals surface area contributed by atoms with Crippen LogP contribution < -0.4 is 0 Å². The minimum absolute atomic E-state index is 0.667. The van der Waals surface area contributed by atoms with Crippen LogP contribution in [0.15, 0.2) is 0 Å². The van der Waals surface area contributed by atoms with Crippen LogP contribution in [-0.2, 0) is 14.2 Å². The molecule has 2 heterocycles. The van der Waals surface area contributed by atoms with Crippen LogP contribution >= 0.6 is 0 Å². The van der Waals surface area contributed by atoms with Gasteiger partial charge >= 0.3 is 0 Å². The van der Waals surface area contributed by atoms with Crippen molar-refractivity contribution in [3.05, 3.63) is 0 Å². The van der Waals surface area contributed by atoms with Crippen molar-refractivity contribution < 1.29 is 55.1 Å². The van der Waals surface area contributed by atoms with Gasteiger partial charge in [-0.2, -0.15) is 0 Å². The van der Waals surface area contributed by atoms with E-state index in [0.717, 1.165) is 0 Å². The van der Waals surface area contributed by atoms with Gasteiger partial charge in [0, 0.05) is 0 Å². The highest BCUT2D eigenvalue weighted by molar-refractivity contribution is 4.93. The Labute approximate surface area is 130 Å². The Morgan fingerprint density at radius 2 is 1.26 bits per heavy atom. The molecule has 2 saturated heterocycles. The lowest BCUT2D eigenvalue weighted by molar-refractivity contribution is -0.355. The Kier molecular flexibility index (Phi) is 6.27. The minimum Gasteiger partial charge on any atom is -0.394 e. The number of ether oxygens (including phenoxy) is 3. The van der Waals surface area contributed by atoms with Gasteiger partial charge in [0.1, 0.15) is 48.8 Å². The number of hydrogen-bond acceptors (Lipinski definition) is 11. The van der Waals surface area contributed by atoms with Crippen molar-refractivity contribution in [2.75, 3.05) is 13.2 Å². The van der Waals surface area contributed by atoms with Crippen molar-refractivity contribution in [1.82, 2.24) is 0 Å². The summed E-state index contributed by atoms with van der Waals surface area (Å²) in [5, 5.41) is 76.5. The normalized spacial score (nSPS) is 51.7. The molecule has 0 aliphatic carbocycles. The SMILES string of the molecule is OC[C@@H]1O[C@H](O)[C@H](O)[C@@H](O)[C@@H]1O[C@@H]1O[C@H](CO)[C@@H](O)[C@H](O)[C@H]1O. The molecule has 2 fully saturated rings. The Balaban J connectivity index is 2.11. The van der Waals surface area contributed by atoms with Gasteiger partial charge in [0.2, 0.25) is 0 Å². The van der Waals surface area contributed by atoms with E-state index in [-0.39, 0.29) is 0 Å². The Morgan fingerprint density at radius 3 is 1.83 bits per heavy atom. The van der Waals surface area contributed by atoms with Gasteiger partial charge in [-0.15, -0.1) is 0 Å². The monoisotopic (exact) mass is 342 g/mol. The molecule has 0 bridgehead atoms. The molecule has 0 spiro atoms. The van der Waals surface area contributed by atoms with Crippen LogP contribution in [-0.4, -0.2) is 115 Å². The summed E-state index contributed by atoms with van der Waals surface area (Å²) in [7, 11) is 0. The van der Waals surface area contributed by atoms with E-state index in [9.17, 15) is 35.7 Å². The van der Waals surface area contributed by atoms with E-state index in [1.807, 2.05) is 0 Å². The summed E-state index contributed by atoms with van der Waals surface area (Å²) in [4.78, 5) is 0. The molecule has 0 amide bonds. The first-order valence-electron chi connectivity index (χ1n) is 7.08. The van der Waals surface area contributed by atoms with Gasteiger partial charge < -0.3 is 55.1 Å². The zero-order chi connectivity index (χ0) is 17.3. The van der Waals surface area contributed by atoms with Gasteiger partial charge in [0.05, 0.1) is 13.2 Å². The molecule has 2 rings (SSSR count). The second kappa shape index (κ2) is 7.63. The van der Waals surface area contributed by atoms with Crippen LogP contribution in [0.25, 0.3) is 0 Å². The van der Waals surface area contributed by atoms with Crippen LogP contribution in [0.2, 0.25) is 0 Å². The first-order valence-corrected chi connectivity index (χ1v) is 7.08. The van der Waals surface area contributed by atoms with E-state index in [2.05, 4.69) is 0 Å². The molecule has 136 valence electrons. The maximum atomic E-state index is 9.94. The fraction of sp³-hybridized carbons (Fsp3) is 1.00. The predicted octanol–water partition coefficient (Wildman–Crippen LogP) is -5.40. The van der Waals surface area contributed by atoms with Crippen LogP contribution in [0.3, 0.4) is 0 Å². The summed E-state index contributed by atoms with van der Waals surface area (Å²) < 4.78 is 15.3. The Bertz CT molecular complexity index is 378. The highest BCUT2D eigenvalue weighted by Crippen LogP contribution is 2.28.